The van der Waals surface area contributed by atoms with Crippen molar-refractivity contribution in [1.29, 1.82) is 0 Å². The molecule has 2 aliphatic rings. The topological polar surface area (TPSA) is 105 Å². The van der Waals surface area contributed by atoms with Crippen molar-refractivity contribution in [2.45, 2.75) is 94.3 Å². The van der Waals surface area contributed by atoms with Gasteiger partial charge in [-0.15, -0.1) is 0 Å². The largest absolute Gasteiger partial charge is 0.493 e. The lowest BCUT2D eigenvalue weighted by molar-refractivity contribution is -0.138. The number of rotatable bonds is 12. The molecule has 0 saturated carbocycles. The molecule has 2 saturated heterocycles. The fourth-order valence-electron chi connectivity index (χ4n) is 6.58. The van der Waals surface area contributed by atoms with Crippen LogP contribution in [0.15, 0.2) is 47.4 Å². The Kier molecular flexibility index (Phi) is 11.9. The molecule has 0 radical (unpaired) electrons. The van der Waals surface area contributed by atoms with Gasteiger partial charge in [0.1, 0.15) is 0 Å². The molecule has 2 aliphatic heterocycles. The fourth-order valence-corrected chi connectivity index (χ4v) is 7.65. The van der Waals surface area contributed by atoms with Gasteiger partial charge < -0.3 is 19.3 Å². The van der Waals surface area contributed by atoms with Crippen LogP contribution in [-0.2, 0) is 25.0 Å². The first-order chi connectivity index (χ1) is 21.2. The lowest BCUT2D eigenvalue weighted by Gasteiger charge is -2.37. The van der Waals surface area contributed by atoms with Crippen LogP contribution in [0.2, 0.25) is 0 Å². The quantitative estimate of drug-likeness (QED) is 0.304. The minimum atomic E-state index is -3.96. The van der Waals surface area contributed by atoms with Gasteiger partial charge in [0, 0.05) is 44.4 Å². The highest BCUT2D eigenvalue weighted by Gasteiger charge is 2.41. The summed E-state index contributed by atoms with van der Waals surface area (Å²) >= 11 is 0. The normalized spacial score (nSPS) is 17.6. The maximum atomic E-state index is 14.4. The van der Waals surface area contributed by atoms with E-state index in [1.807, 2.05) is 22.8 Å². The smallest absolute Gasteiger partial charge is 0.262 e. The van der Waals surface area contributed by atoms with E-state index in [0.717, 1.165) is 70.3 Å². The summed E-state index contributed by atoms with van der Waals surface area (Å²) in [6.45, 7) is 5.09. The standard InChI is InChI=1S/C34H49N3O6S/c1-4-34(33(39)37-23-11-7-8-12-24-37,20-14-17-32(38)36-21-9-5-6-10-22-36)27-15-13-16-28(25-27)35-44(40,41)29-18-19-30(42-2)31(26-29)43-3/h13,15-16,18-19,25-26,35H,4-12,14,17,20-24H2,1-3H3. The summed E-state index contributed by atoms with van der Waals surface area (Å²) in [4.78, 5) is 31.6. The average molecular weight is 628 g/mol. The van der Waals surface area contributed by atoms with Crippen LogP contribution in [-0.4, -0.2) is 70.4 Å². The van der Waals surface area contributed by atoms with Gasteiger partial charge in [-0.3, -0.25) is 14.3 Å². The van der Waals surface area contributed by atoms with Gasteiger partial charge in [-0.2, -0.15) is 0 Å². The average Bonchev–Trinajstić information content (AvgIpc) is 3.49. The van der Waals surface area contributed by atoms with Crippen molar-refractivity contribution in [3.63, 3.8) is 0 Å². The first kappa shape index (κ1) is 33.6. The Balaban J connectivity index is 1.61. The number of nitrogens with zero attached hydrogens (tertiary/aromatic N) is 2. The third-order valence-corrected chi connectivity index (χ3v) is 10.6. The zero-order chi connectivity index (χ0) is 31.6. The van der Waals surface area contributed by atoms with E-state index >= 15 is 0 Å². The second kappa shape index (κ2) is 15.6. The summed E-state index contributed by atoms with van der Waals surface area (Å²) in [7, 11) is -1.01. The van der Waals surface area contributed by atoms with Crippen LogP contribution in [0.5, 0.6) is 11.5 Å². The molecular weight excluding hydrogens is 578 g/mol. The molecule has 242 valence electrons. The number of ether oxygens (including phenoxy) is 2. The Hall–Kier alpha value is -3.27. The molecule has 44 heavy (non-hydrogen) atoms. The molecule has 1 atom stereocenters. The lowest BCUT2D eigenvalue weighted by Crippen LogP contribution is -2.47. The van der Waals surface area contributed by atoms with Crippen molar-refractivity contribution in [2.24, 2.45) is 0 Å². The molecule has 2 fully saturated rings. The van der Waals surface area contributed by atoms with Crippen molar-refractivity contribution in [3.05, 3.63) is 48.0 Å². The molecule has 10 heteroatoms. The highest BCUT2D eigenvalue weighted by Crippen LogP contribution is 2.38. The van der Waals surface area contributed by atoms with Crippen LogP contribution in [0.3, 0.4) is 0 Å². The van der Waals surface area contributed by atoms with Crippen LogP contribution in [0.4, 0.5) is 5.69 Å². The number of hydrogen-bond donors (Lipinski definition) is 1. The Morgan fingerprint density at radius 2 is 1.43 bits per heavy atom. The van der Waals surface area contributed by atoms with Gasteiger partial charge in [-0.1, -0.05) is 44.7 Å². The minimum absolute atomic E-state index is 0.0370. The third-order valence-electron chi connectivity index (χ3n) is 9.19. The summed E-state index contributed by atoms with van der Waals surface area (Å²) in [5.74, 6) is 0.981. The highest BCUT2D eigenvalue weighted by molar-refractivity contribution is 7.92. The second-order valence-corrected chi connectivity index (χ2v) is 13.7. The third kappa shape index (κ3) is 8.06. The minimum Gasteiger partial charge on any atom is -0.493 e. The summed E-state index contributed by atoms with van der Waals surface area (Å²) in [6.07, 6.45) is 10.7. The first-order valence-corrected chi connectivity index (χ1v) is 17.6. The van der Waals surface area contributed by atoms with Crippen molar-refractivity contribution < 1.29 is 27.5 Å². The molecule has 4 rings (SSSR count). The highest BCUT2D eigenvalue weighted by atomic mass is 32.2. The molecule has 2 aromatic carbocycles. The van der Waals surface area contributed by atoms with Crippen LogP contribution >= 0.6 is 0 Å². The van der Waals surface area contributed by atoms with Crippen LogP contribution < -0.4 is 14.2 Å². The van der Waals surface area contributed by atoms with E-state index in [1.54, 1.807) is 24.3 Å². The van der Waals surface area contributed by atoms with Crippen LogP contribution in [0.25, 0.3) is 0 Å². The van der Waals surface area contributed by atoms with E-state index < -0.39 is 15.4 Å². The van der Waals surface area contributed by atoms with E-state index in [0.29, 0.717) is 42.9 Å². The van der Waals surface area contributed by atoms with E-state index in [1.165, 1.54) is 39.2 Å². The Bertz CT molecular complexity index is 1360. The number of likely N-dealkylation sites (tertiary alicyclic amines) is 2. The van der Waals surface area contributed by atoms with Gasteiger partial charge in [0.05, 0.1) is 24.5 Å². The summed E-state index contributed by atoms with van der Waals surface area (Å²) < 4.78 is 40.1. The van der Waals surface area contributed by atoms with Gasteiger partial charge in [0.15, 0.2) is 11.5 Å². The van der Waals surface area contributed by atoms with Crippen molar-refractivity contribution in [3.8, 4) is 11.5 Å². The molecule has 2 amide bonds. The van der Waals surface area contributed by atoms with E-state index in [4.69, 9.17) is 9.47 Å². The number of carbonyl (C=O) groups is 2. The van der Waals surface area contributed by atoms with Gasteiger partial charge in [-0.05, 0) is 74.8 Å². The predicted molar refractivity (Wildman–Crippen MR) is 173 cm³/mol. The van der Waals surface area contributed by atoms with E-state index in [2.05, 4.69) is 4.72 Å². The molecule has 0 spiro atoms. The van der Waals surface area contributed by atoms with Crippen molar-refractivity contribution >= 4 is 27.5 Å². The maximum Gasteiger partial charge on any atom is 0.262 e. The number of benzene rings is 2. The number of amides is 2. The lowest BCUT2D eigenvalue weighted by atomic mass is 9.72. The second-order valence-electron chi connectivity index (χ2n) is 12.0. The molecular formula is C34H49N3O6S. The molecule has 1 N–H and O–H groups in total. The zero-order valence-corrected chi connectivity index (χ0v) is 27.4. The molecule has 0 aliphatic carbocycles. The SMILES string of the molecule is CCC(CCCC(=O)N1CCCCCC1)(C(=O)N1CCCCCC1)c1cccc(NS(=O)(=O)c2ccc(OC)c(OC)c2)c1. The van der Waals surface area contributed by atoms with E-state index in [-0.39, 0.29) is 16.7 Å². The first-order valence-electron chi connectivity index (χ1n) is 16.2. The van der Waals surface area contributed by atoms with Gasteiger partial charge >= 0.3 is 0 Å². The van der Waals surface area contributed by atoms with Crippen molar-refractivity contribution in [2.75, 3.05) is 45.1 Å². The van der Waals surface area contributed by atoms with Gasteiger partial charge in [0.25, 0.3) is 10.0 Å². The molecule has 2 aromatic rings. The summed E-state index contributed by atoms with van der Waals surface area (Å²) in [6, 6.07) is 11.6. The molecule has 9 nitrogen and oxygen atoms in total. The maximum absolute atomic E-state index is 14.4. The summed E-state index contributed by atoms with van der Waals surface area (Å²) in [5, 5.41) is 0. The number of methoxy groups -OCH3 is 2. The Morgan fingerprint density at radius 1 is 0.818 bits per heavy atom. The molecule has 0 bridgehead atoms. The number of sulfonamides is 1. The number of nitrogens with one attached hydrogen (secondary N) is 1. The fraction of sp³-hybridized carbons (Fsp3) is 0.588. The number of hydrogen-bond acceptors (Lipinski definition) is 6. The predicted octanol–water partition coefficient (Wildman–Crippen LogP) is 6.13. The van der Waals surface area contributed by atoms with Crippen LogP contribution in [0, 0.1) is 0 Å². The molecule has 1 unspecified atom stereocenters. The van der Waals surface area contributed by atoms with Gasteiger partial charge in [-0.25, -0.2) is 8.42 Å². The Morgan fingerprint density at radius 3 is 2.02 bits per heavy atom. The molecule has 0 aromatic heterocycles. The van der Waals surface area contributed by atoms with E-state index in [9.17, 15) is 18.0 Å². The number of anilines is 1. The monoisotopic (exact) mass is 627 g/mol. The molecule has 2 heterocycles. The number of carbonyl (C=O) groups excluding carboxylic acids is 2. The van der Waals surface area contributed by atoms with Gasteiger partial charge in [0.2, 0.25) is 11.8 Å². The summed E-state index contributed by atoms with van der Waals surface area (Å²) in [5.41, 5.74) is 0.275. The van der Waals surface area contributed by atoms with Crippen molar-refractivity contribution in [1.82, 2.24) is 9.80 Å². The zero-order valence-electron chi connectivity index (χ0n) is 26.6. The Labute approximate surface area is 263 Å². The van der Waals surface area contributed by atoms with Crippen LogP contribution in [0.1, 0.15) is 89.5 Å².